The average molecular weight is 370 g/mol. The molecule has 0 aliphatic rings. The summed E-state index contributed by atoms with van der Waals surface area (Å²) in [5.74, 6) is 0.372. The third kappa shape index (κ3) is 6.70. The van der Waals surface area contributed by atoms with Gasteiger partial charge in [-0.05, 0) is 55.8 Å². The summed E-state index contributed by atoms with van der Waals surface area (Å²) in [6.07, 6.45) is 0. The molecule has 0 bridgehead atoms. The third-order valence-corrected chi connectivity index (χ3v) is 4.23. The zero-order valence-electron chi connectivity index (χ0n) is 17.0. The van der Waals surface area contributed by atoms with Crippen molar-refractivity contribution in [3.05, 3.63) is 64.2 Å². The Morgan fingerprint density at radius 2 is 1.63 bits per heavy atom. The summed E-state index contributed by atoms with van der Waals surface area (Å²) in [6, 6.07) is 12.8. The summed E-state index contributed by atoms with van der Waals surface area (Å²) in [7, 11) is 5.51. The average Bonchev–Trinajstić information content (AvgIpc) is 2.60. The fraction of sp³-hybridized carbons (Fsp3) is 0.409. The van der Waals surface area contributed by atoms with Crippen molar-refractivity contribution in [3.8, 4) is 5.75 Å². The standard InChI is InChI=1S/C22H30N2O3/c1-16-9-20(10-17(2)22(16)27-15-21(25)26-5)13-23-12-18-7-6-8-19(11-18)14-24(3)4/h6-11,23H,12-15H2,1-5H3. The minimum Gasteiger partial charge on any atom is -0.481 e. The molecule has 2 aromatic rings. The van der Waals surface area contributed by atoms with Crippen LogP contribution >= 0.6 is 0 Å². The molecule has 27 heavy (non-hydrogen) atoms. The van der Waals surface area contributed by atoms with Crippen LogP contribution in [-0.2, 0) is 29.2 Å². The van der Waals surface area contributed by atoms with Crippen LogP contribution in [0.2, 0.25) is 0 Å². The second-order valence-corrected chi connectivity index (χ2v) is 7.08. The number of carbonyl (C=O) groups excluding carboxylic acids is 1. The summed E-state index contributed by atoms with van der Waals surface area (Å²) >= 11 is 0. The van der Waals surface area contributed by atoms with Gasteiger partial charge in [-0.2, -0.15) is 0 Å². The van der Waals surface area contributed by atoms with E-state index < -0.39 is 0 Å². The molecule has 0 aromatic heterocycles. The van der Waals surface area contributed by atoms with E-state index >= 15 is 0 Å². The summed E-state index contributed by atoms with van der Waals surface area (Å²) in [5, 5.41) is 3.50. The molecule has 0 saturated carbocycles. The van der Waals surface area contributed by atoms with Gasteiger partial charge in [0, 0.05) is 19.6 Å². The number of nitrogens with zero attached hydrogens (tertiary/aromatic N) is 1. The van der Waals surface area contributed by atoms with E-state index in [1.807, 2.05) is 13.8 Å². The van der Waals surface area contributed by atoms with Gasteiger partial charge in [0.2, 0.25) is 0 Å². The molecule has 0 saturated heterocycles. The van der Waals surface area contributed by atoms with Crippen LogP contribution in [0.1, 0.15) is 27.8 Å². The van der Waals surface area contributed by atoms with E-state index in [-0.39, 0.29) is 12.6 Å². The molecular formula is C22H30N2O3. The topological polar surface area (TPSA) is 50.8 Å². The van der Waals surface area contributed by atoms with Gasteiger partial charge >= 0.3 is 5.97 Å². The fourth-order valence-electron chi connectivity index (χ4n) is 3.11. The van der Waals surface area contributed by atoms with Crippen molar-refractivity contribution in [3.63, 3.8) is 0 Å². The molecule has 5 heteroatoms. The van der Waals surface area contributed by atoms with E-state index in [2.05, 4.69) is 65.4 Å². The van der Waals surface area contributed by atoms with Gasteiger partial charge < -0.3 is 19.7 Å². The van der Waals surface area contributed by atoms with Crippen molar-refractivity contribution < 1.29 is 14.3 Å². The normalized spacial score (nSPS) is 10.9. The maximum atomic E-state index is 11.3. The van der Waals surface area contributed by atoms with Crippen molar-refractivity contribution in [1.29, 1.82) is 0 Å². The van der Waals surface area contributed by atoms with Gasteiger partial charge in [0.05, 0.1) is 7.11 Å². The lowest BCUT2D eigenvalue weighted by Crippen LogP contribution is -2.15. The Morgan fingerprint density at radius 3 is 2.26 bits per heavy atom. The lowest BCUT2D eigenvalue weighted by Gasteiger charge is -2.14. The van der Waals surface area contributed by atoms with Gasteiger partial charge in [-0.1, -0.05) is 36.4 Å². The fourth-order valence-corrected chi connectivity index (χ4v) is 3.11. The maximum Gasteiger partial charge on any atom is 0.343 e. The predicted molar refractivity (Wildman–Crippen MR) is 108 cm³/mol. The minimum atomic E-state index is -0.379. The Kier molecular flexibility index (Phi) is 7.82. The quantitative estimate of drug-likeness (QED) is 0.687. The van der Waals surface area contributed by atoms with Crippen LogP contribution < -0.4 is 10.1 Å². The van der Waals surface area contributed by atoms with Crippen LogP contribution in [0.25, 0.3) is 0 Å². The molecule has 0 aliphatic heterocycles. The number of nitrogens with one attached hydrogen (secondary N) is 1. The Labute approximate surface area is 162 Å². The monoisotopic (exact) mass is 370 g/mol. The Hall–Kier alpha value is -2.37. The molecule has 0 heterocycles. The molecule has 1 N–H and O–H groups in total. The van der Waals surface area contributed by atoms with Crippen molar-refractivity contribution >= 4 is 5.97 Å². The number of ether oxygens (including phenoxy) is 2. The van der Waals surface area contributed by atoms with E-state index in [1.54, 1.807) is 0 Å². The second-order valence-electron chi connectivity index (χ2n) is 7.08. The molecular weight excluding hydrogens is 340 g/mol. The van der Waals surface area contributed by atoms with Crippen molar-refractivity contribution in [2.75, 3.05) is 27.8 Å². The molecule has 5 nitrogen and oxygen atoms in total. The summed E-state index contributed by atoms with van der Waals surface area (Å²) in [6.45, 7) is 6.46. The summed E-state index contributed by atoms with van der Waals surface area (Å²) < 4.78 is 10.2. The van der Waals surface area contributed by atoms with E-state index in [4.69, 9.17) is 4.74 Å². The Morgan fingerprint density at radius 1 is 1.00 bits per heavy atom. The zero-order valence-corrected chi connectivity index (χ0v) is 17.0. The van der Waals surface area contributed by atoms with Crippen molar-refractivity contribution in [2.24, 2.45) is 0 Å². The second kappa shape index (κ2) is 10.1. The lowest BCUT2D eigenvalue weighted by molar-refractivity contribution is -0.142. The molecule has 146 valence electrons. The van der Waals surface area contributed by atoms with Crippen molar-refractivity contribution in [2.45, 2.75) is 33.5 Å². The van der Waals surface area contributed by atoms with E-state index in [1.165, 1.54) is 23.8 Å². The van der Waals surface area contributed by atoms with E-state index in [0.717, 1.165) is 36.5 Å². The molecule has 0 amide bonds. The van der Waals surface area contributed by atoms with Crippen molar-refractivity contribution in [1.82, 2.24) is 10.2 Å². The molecule has 2 aromatic carbocycles. The molecule has 0 radical (unpaired) electrons. The van der Waals surface area contributed by atoms with Gasteiger partial charge in [0.1, 0.15) is 5.75 Å². The van der Waals surface area contributed by atoms with Gasteiger partial charge in [-0.3, -0.25) is 0 Å². The molecule has 2 rings (SSSR count). The SMILES string of the molecule is COC(=O)COc1c(C)cc(CNCc2cccc(CN(C)C)c2)cc1C. The largest absolute Gasteiger partial charge is 0.481 e. The highest BCUT2D eigenvalue weighted by molar-refractivity contribution is 5.71. The molecule has 0 spiro atoms. The first kappa shape index (κ1) is 20.9. The highest BCUT2D eigenvalue weighted by atomic mass is 16.6. The van der Waals surface area contributed by atoms with Gasteiger partial charge in [-0.15, -0.1) is 0 Å². The minimum absolute atomic E-state index is 0.0704. The van der Waals surface area contributed by atoms with Crippen LogP contribution in [0.3, 0.4) is 0 Å². The number of aryl methyl sites for hydroxylation is 2. The van der Waals surface area contributed by atoms with Crippen LogP contribution in [0, 0.1) is 13.8 Å². The van der Waals surface area contributed by atoms with E-state index in [0.29, 0.717) is 0 Å². The first-order chi connectivity index (χ1) is 12.9. The Bertz CT molecular complexity index is 749. The maximum absolute atomic E-state index is 11.3. The van der Waals surface area contributed by atoms with Crippen LogP contribution in [0.4, 0.5) is 0 Å². The van der Waals surface area contributed by atoms with Gasteiger partial charge in [0.25, 0.3) is 0 Å². The molecule has 0 aliphatic carbocycles. The van der Waals surface area contributed by atoms with Crippen LogP contribution in [0.15, 0.2) is 36.4 Å². The molecule has 0 fully saturated rings. The van der Waals surface area contributed by atoms with Gasteiger partial charge in [0.15, 0.2) is 6.61 Å². The summed E-state index contributed by atoms with van der Waals surface area (Å²) in [5.41, 5.74) is 5.83. The Balaban J connectivity index is 1.93. The van der Waals surface area contributed by atoms with E-state index in [9.17, 15) is 4.79 Å². The third-order valence-electron chi connectivity index (χ3n) is 4.23. The number of methoxy groups -OCH3 is 1. The number of hydrogen-bond donors (Lipinski definition) is 1. The summed E-state index contributed by atoms with van der Waals surface area (Å²) in [4.78, 5) is 13.4. The first-order valence-electron chi connectivity index (χ1n) is 9.12. The zero-order chi connectivity index (χ0) is 19.8. The van der Waals surface area contributed by atoms with Crippen LogP contribution in [-0.4, -0.2) is 38.7 Å². The van der Waals surface area contributed by atoms with Gasteiger partial charge in [-0.25, -0.2) is 4.79 Å². The number of benzene rings is 2. The first-order valence-corrected chi connectivity index (χ1v) is 9.12. The highest BCUT2D eigenvalue weighted by Gasteiger charge is 2.09. The molecule has 0 unspecified atom stereocenters. The predicted octanol–water partition coefficient (Wildman–Crippen LogP) is 3.21. The number of rotatable bonds is 9. The smallest absolute Gasteiger partial charge is 0.343 e. The molecule has 0 atom stereocenters. The highest BCUT2D eigenvalue weighted by Crippen LogP contribution is 2.25. The number of carbonyl (C=O) groups is 1. The lowest BCUT2D eigenvalue weighted by atomic mass is 10.1. The number of esters is 1. The number of hydrogen-bond acceptors (Lipinski definition) is 5. The van der Waals surface area contributed by atoms with Crippen LogP contribution in [0.5, 0.6) is 5.75 Å².